The lowest BCUT2D eigenvalue weighted by atomic mass is 10.0. The fourth-order valence-electron chi connectivity index (χ4n) is 6.74. The van der Waals surface area contributed by atoms with Crippen molar-refractivity contribution in [1.82, 2.24) is 0 Å². The summed E-state index contributed by atoms with van der Waals surface area (Å²) in [6.07, 6.45) is 51.3. The van der Waals surface area contributed by atoms with Gasteiger partial charge in [-0.2, -0.15) is 0 Å². The molecule has 1 N–H and O–H groups in total. The normalized spacial score (nSPS) is 12.3. The Bertz CT molecular complexity index is 648. The van der Waals surface area contributed by atoms with Crippen molar-refractivity contribution in [3.8, 4) is 0 Å². The van der Waals surface area contributed by atoms with E-state index in [9.17, 15) is 9.90 Å². The van der Waals surface area contributed by atoms with Gasteiger partial charge in [0.15, 0.2) is 0 Å². The number of esters is 1. The highest BCUT2D eigenvalue weighted by atomic mass is 16.6. The van der Waals surface area contributed by atoms with E-state index in [4.69, 9.17) is 9.47 Å². The van der Waals surface area contributed by atoms with Crippen LogP contribution in [0.15, 0.2) is 12.2 Å². The van der Waals surface area contributed by atoms with Crippen LogP contribution in [0.1, 0.15) is 245 Å². The zero-order valence-corrected chi connectivity index (χ0v) is 33.5. The third kappa shape index (κ3) is 41.4. The molecule has 0 aromatic rings. The van der Waals surface area contributed by atoms with Gasteiger partial charge in [-0.3, -0.25) is 4.79 Å². The Labute approximate surface area is 307 Å². The van der Waals surface area contributed by atoms with Gasteiger partial charge >= 0.3 is 5.97 Å². The highest BCUT2D eigenvalue weighted by molar-refractivity contribution is 5.69. The van der Waals surface area contributed by atoms with Crippen molar-refractivity contribution in [3.05, 3.63) is 12.2 Å². The third-order valence-corrected chi connectivity index (χ3v) is 10.1. The van der Waals surface area contributed by atoms with Crippen LogP contribution in [-0.2, 0) is 14.3 Å². The molecule has 0 bridgehead atoms. The Hall–Kier alpha value is -0.870. The molecule has 0 aliphatic heterocycles. The second-order valence-corrected chi connectivity index (χ2v) is 15.1. The van der Waals surface area contributed by atoms with E-state index in [2.05, 4.69) is 26.0 Å². The maximum absolute atomic E-state index is 12.2. The topological polar surface area (TPSA) is 55.8 Å². The Kier molecular flexibility index (Phi) is 42.5. The van der Waals surface area contributed by atoms with E-state index in [-0.39, 0.29) is 12.6 Å². The van der Waals surface area contributed by atoms with Gasteiger partial charge in [-0.15, -0.1) is 0 Å². The second kappa shape index (κ2) is 43.3. The van der Waals surface area contributed by atoms with Crippen LogP contribution in [-0.4, -0.2) is 37.0 Å². The number of unbranched alkanes of at least 4 members (excludes halogenated alkanes) is 32. The van der Waals surface area contributed by atoms with Crippen LogP contribution in [0.2, 0.25) is 0 Å². The van der Waals surface area contributed by atoms with Gasteiger partial charge in [-0.1, -0.05) is 212 Å². The minimum atomic E-state index is -0.528. The molecule has 0 saturated heterocycles. The van der Waals surface area contributed by atoms with Crippen molar-refractivity contribution in [2.75, 3.05) is 19.8 Å². The van der Waals surface area contributed by atoms with Crippen molar-refractivity contribution in [2.24, 2.45) is 0 Å². The quantitative estimate of drug-likeness (QED) is 0.0393. The first kappa shape index (κ1) is 48.1. The number of aliphatic hydroxyl groups excluding tert-OH is 1. The van der Waals surface area contributed by atoms with Crippen molar-refractivity contribution in [1.29, 1.82) is 0 Å². The van der Waals surface area contributed by atoms with Crippen molar-refractivity contribution in [2.45, 2.75) is 251 Å². The highest BCUT2D eigenvalue weighted by Crippen LogP contribution is 2.15. The summed E-state index contributed by atoms with van der Waals surface area (Å²) in [5.74, 6) is -0.196. The first-order chi connectivity index (χ1) is 24.2. The van der Waals surface area contributed by atoms with Gasteiger partial charge in [0.05, 0.1) is 13.2 Å². The molecule has 4 heteroatoms. The number of allylic oxidation sites excluding steroid dienone is 2. The van der Waals surface area contributed by atoms with Crippen molar-refractivity contribution >= 4 is 5.97 Å². The fraction of sp³-hybridized carbons (Fsp3) is 0.933. The Morgan fingerprint density at radius 2 is 0.796 bits per heavy atom. The summed E-state index contributed by atoms with van der Waals surface area (Å²) in [6.45, 7) is 5.39. The Morgan fingerprint density at radius 3 is 1.16 bits per heavy atom. The lowest BCUT2D eigenvalue weighted by Crippen LogP contribution is -2.27. The average molecular weight is 693 g/mol. The van der Waals surface area contributed by atoms with Gasteiger partial charge < -0.3 is 14.6 Å². The summed E-state index contributed by atoms with van der Waals surface area (Å²) in [4.78, 5) is 12.2. The summed E-state index contributed by atoms with van der Waals surface area (Å²) in [5, 5.41) is 9.60. The number of aliphatic hydroxyl groups is 1. The van der Waals surface area contributed by atoms with Gasteiger partial charge in [0.1, 0.15) is 6.10 Å². The summed E-state index contributed by atoms with van der Waals surface area (Å²) in [6, 6.07) is 0. The van der Waals surface area contributed by atoms with Crippen LogP contribution in [0.25, 0.3) is 0 Å². The number of hydrogen-bond donors (Lipinski definition) is 1. The van der Waals surface area contributed by atoms with Crippen LogP contribution in [0, 0.1) is 0 Å². The first-order valence-corrected chi connectivity index (χ1v) is 22.3. The molecule has 0 heterocycles. The van der Waals surface area contributed by atoms with Crippen molar-refractivity contribution < 1.29 is 19.4 Å². The number of carbonyl (C=O) groups is 1. The molecule has 1 atom stereocenters. The van der Waals surface area contributed by atoms with E-state index in [0.29, 0.717) is 19.6 Å². The minimum absolute atomic E-state index is 0.166. The number of carbonyl (C=O) groups excluding carboxylic acids is 1. The van der Waals surface area contributed by atoms with Gasteiger partial charge in [-0.25, -0.2) is 0 Å². The van der Waals surface area contributed by atoms with Crippen LogP contribution < -0.4 is 0 Å². The Morgan fingerprint density at radius 1 is 0.469 bits per heavy atom. The van der Waals surface area contributed by atoms with E-state index in [1.54, 1.807) is 0 Å². The number of ether oxygens (including phenoxy) is 2. The summed E-state index contributed by atoms with van der Waals surface area (Å²) < 4.78 is 11.2. The highest BCUT2D eigenvalue weighted by Gasteiger charge is 2.13. The maximum atomic E-state index is 12.2. The van der Waals surface area contributed by atoms with E-state index < -0.39 is 6.10 Å². The zero-order chi connectivity index (χ0) is 35.6. The van der Waals surface area contributed by atoms with Gasteiger partial charge in [0.25, 0.3) is 0 Å². The van der Waals surface area contributed by atoms with Gasteiger partial charge in [0, 0.05) is 13.0 Å². The van der Waals surface area contributed by atoms with E-state index >= 15 is 0 Å². The predicted octanol–water partition coefficient (Wildman–Crippen LogP) is 14.5. The fourth-order valence-corrected chi connectivity index (χ4v) is 6.74. The lowest BCUT2D eigenvalue weighted by Gasteiger charge is -2.16. The lowest BCUT2D eigenvalue weighted by molar-refractivity contribution is -0.154. The second-order valence-electron chi connectivity index (χ2n) is 15.1. The molecule has 0 aromatic heterocycles. The first-order valence-electron chi connectivity index (χ1n) is 22.3. The van der Waals surface area contributed by atoms with E-state index in [1.807, 2.05) is 0 Å². The molecule has 0 saturated carbocycles. The molecule has 0 aliphatic rings. The molecule has 0 fully saturated rings. The molecule has 0 spiro atoms. The average Bonchev–Trinajstić information content (AvgIpc) is 3.11. The van der Waals surface area contributed by atoms with Crippen LogP contribution in [0.4, 0.5) is 0 Å². The van der Waals surface area contributed by atoms with Crippen LogP contribution in [0.5, 0.6) is 0 Å². The molecule has 292 valence electrons. The molecular formula is C45H88O4. The Balaban J connectivity index is 3.36. The predicted molar refractivity (Wildman–Crippen MR) is 214 cm³/mol. The molecule has 0 aromatic carbocycles. The molecule has 1 unspecified atom stereocenters. The van der Waals surface area contributed by atoms with Crippen LogP contribution >= 0.6 is 0 Å². The summed E-state index contributed by atoms with van der Waals surface area (Å²) >= 11 is 0. The van der Waals surface area contributed by atoms with Crippen molar-refractivity contribution in [3.63, 3.8) is 0 Å². The molecule has 0 aliphatic carbocycles. The molecule has 49 heavy (non-hydrogen) atoms. The molecule has 0 rings (SSSR count). The molecule has 4 nitrogen and oxygen atoms in total. The summed E-state index contributed by atoms with van der Waals surface area (Å²) in [5.41, 5.74) is 0. The van der Waals surface area contributed by atoms with Gasteiger partial charge in [-0.05, 0) is 38.5 Å². The molecule has 0 amide bonds. The third-order valence-electron chi connectivity index (χ3n) is 10.1. The zero-order valence-electron chi connectivity index (χ0n) is 33.5. The molecule has 0 radical (unpaired) electrons. The van der Waals surface area contributed by atoms with Gasteiger partial charge in [0.2, 0.25) is 0 Å². The van der Waals surface area contributed by atoms with E-state index in [1.165, 1.54) is 205 Å². The maximum Gasteiger partial charge on any atom is 0.306 e. The number of hydrogen-bond acceptors (Lipinski definition) is 4. The molecular weight excluding hydrogens is 604 g/mol. The SMILES string of the molecule is CCCCCCCCCC/C=C\CCCCCCCCCCCCOCC(CO)OC(=O)CCCCCCCCCCCCCCCCC. The smallest absolute Gasteiger partial charge is 0.306 e. The standard InChI is InChI=1S/C45H88O4/c1-3-5-7-9-11-13-15-17-19-20-21-22-23-24-25-27-29-31-33-35-37-39-41-48-43-44(42-46)49-45(47)40-38-36-34-32-30-28-26-18-16-14-12-10-8-6-4-2/h20-21,44,46H,3-19,22-43H2,1-2H3/b21-20-. The van der Waals surface area contributed by atoms with Crippen LogP contribution in [0.3, 0.4) is 0 Å². The minimum Gasteiger partial charge on any atom is -0.457 e. The monoisotopic (exact) mass is 693 g/mol. The summed E-state index contributed by atoms with van der Waals surface area (Å²) in [7, 11) is 0. The largest absolute Gasteiger partial charge is 0.457 e. The van der Waals surface area contributed by atoms with E-state index in [0.717, 1.165) is 19.3 Å². The number of rotatable bonds is 42.